The molecule has 0 bridgehead atoms. The molecule has 1 aliphatic heterocycles. The van der Waals surface area contributed by atoms with Crippen LogP contribution in [-0.2, 0) is 0 Å². The first-order chi connectivity index (χ1) is 10.9. The molecule has 2 N–H and O–H groups in total. The van der Waals surface area contributed by atoms with E-state index < -0.39 is 0 Å². The van der Waals surface area contributed by atoms with Crippen molar-refractivity contribution < 1.29 is 4.79 Å². The van der Waals surface area contributed by atoms with Crippen LogP contribution < -0.4 is 10.6 Å². The van der Waals surface area contributed by atoms with Gasteiger partial charge in [-0.05, 0) is 42.7 Å². The normalized spacial score (nSPS) is 14.7. The summed E-state index contributed by atoms with van der Waals surface area (Å²) in [6.07, 6.45) is 0.876. The van der Waals surface area contributed by atoms with Gasteiger partial charge in [-0.1, -0.05) is 35.3 Å². The molecule has 2 aromatic carbocycles. The van der Waals surface area contributed by atoms with Crippen molar-refractivity contribution in [3.63, 3.8) is 0 Å². The molecule has 120 valence electrons. The van der Waals surface area contributed by atoms with Crippen molar-refractivity contribution in [3.8, 4) is 0 Å². The number of para-hydroxylation sites is 1. The molecule has 0 spiro atoms. The van der Waals surface area contributed by atoms with Crippen molar-refractivity contribution in [2.45, 2.75) is 19.8 Å². The molecule has 1 saturated heterocycles. The van der Waals surface area contributed by atoms with Gasteiger partial charge in [-0.25, -0.2) is 0 Å². The monoisotopic (exact) mass is 348 g/mol. The molecule has 1 fully saturated rings. The lowest BCUT2D eigenvalue weighted by Crippen LogP contribution is -2.45. The van der Waals surface area contributed by atoms with Crippen LogP contribution in [0, 0.1) is 13.8 Å². The second-order valence-corrected chi connectivity index (χ2v) is 6.84. The number of hydrogen-bond donors (Lipinski definition) is 1. The molecule has 0 aromatic heterocycles. The van der Waals surface area contributed by atoms with Crippen LogP contribution in [0.25, 0.3) is 0 Å². The molecule has 0 unspecified atom stereocenters. The lowest BCUT2D eigenvalue weighted by Gasteiger charge is -2.42. The first-order valence-electron chi connectivity index (χ1n) is 7.47. The Balaban J connectivity index is 1.87. The smallest absolute Gasteiger partial charge is 0.150 e. The van der Waals surface area contributed by atoms with Crippen molar-refractivity contribution >= 4 is 40.9 Å². The van der Waals surface area contributed by atoms with Crippen molar-refractivity contribution in [1.82, 2.24) is 0 Å². The predicted octanol–water partition coefficient (Wildman–Crippen LogP) is 4.61. The molecule has 1 aliphatic rings. The number of nitrogens with zero attached hydrogens (tertiary/aromatic N) is 1. The maximum Gasteiger partial charge on any atom is 0.150 e. The van der Waals surface area contributed by atoms with Crippen molar-refractivity contribution in [1.29, 1.82) is 0 Å². The molecule has 2 aromatic rings. The van der Waals surface area contributed by atoms with E-state index in [4.69, 9.17) is 28.9 Å². The highest BCUT2D eigenvalue weighted by molar-refractivity contribution is 6.39. The quantitative estimate of drug-likeness (QED) is 0.650. The van der Waals surface area contributed by atoms with Crippen molar-refractivity contribution in [3.05, 3.63) is 56.6 Å². The highest BCUT2D eigenvalue weighted by Crippen LogP contribution is 2.42. The van der Waals surface area contributed by atoms with E-state index in [1.807, 2.05) is 38.1 Å². The number of aldehydes is 1. The molecule has 0 aliphatic carbocycles. The van der Waals surface area contributed by atoms with Gasteiger partial charge >= 0.3 is 0 Å². The standard InChI is InChI=1S/C18H18Cl2N2O/c1-10-6-13(17(21)11(2)14(10)9-23)12-7-22(8-12)18-15(19)4-3-5-16(18)20/h3-6,9,12H,7-8,21H2,1-2H3. The van der Waals surface area contributed by atoms with Gasteiger partial charge in [-0.2, -0.15) is 0 Å². The van der Waals surface area contributed by atoms with Gasteiger partial charge in [0.1, 0.15) is 0 Å². The Morgan fingerprint density at radius 3 is 2.39 bits per heavy atom. The Morgan fingerprint density at radius 2 is 1.83 bits per heavy atom. The van der Waals surface area contributed by atoms with Crippen molar-refractivity contribution in [2.24, 2.45) is 0 Å². The summed E-state index contributed by atoms with van der Waals surface area (Å²) in [5, 5.41) is 1.32. The summed E-state index contributed by atoms with van der Waals surface area (Å²) in [5.74, 6) is 0.320. The van der Waals surface area contributed by atoms with Crippen molar-refractivity contribution in [2.75, 3.05) is 23.7 Å². The predicted molar refractivity (Wildman–Crippen MR) is 97.1 cm³/mol. The van der Waals surface area contributed by atoms with Crippen LogP contribution in [0.3, 0.4) is 0 Å². The Labute approximate surface area is 146 Å². The number of anilines is 2. The Kier molecular flexibility index (Phi) is 4.26. The summed E-state index contributed by atoms with van der Waals surface area (Å²) >= 11 is 12.5. The second kappa shape index (κ2) is 6.06. The third-order valence-corrected chi connectivity index (χ3v) is 5.22. The minimum atomic E-state index is 0.320. The van der Waals surface area contributed by atoms with E-state index in [1.165, 1.54) is 0 Å². The summed E-state index contributed by atoms with van der Waals surface area (Å²) in [4.78, 5) is 13.3. The van der Waals surface area contributed by atoms with Gasteiger partial charge in [-0.15, -0.1) is 0 Å². The molecule has 0 atom stereocenters. The average molecular weight is 349 g/mol. The number of hydrogen-bond acceptors (Lipinski definition) is 3. The molecule has 23 heavy (non-hydrogen) atoms. The van der Waals surface area contributed by atoms with E-state index >= 15 is 0 Å². The SMILES string of the molecule is Cc1cc(C2CN(c3c(Cl)cccc3Cl)C2)c(N)c(C)c1C=O. The first-order valence-corrected chi connectivity index (χ1v) is 8.23. The summed E-state index contributed by atoms with van der Waals surface area (Å²) in [7, 11) is 0. The molecule has 3 rings (SSSR count). The van der Waals surface area contributed by atoms with Crippen LogP contribution >= 0.6 is 23.2 Å². The second-order valence-electron chi connectivity index (χ2n) is 6.03. The third kappa shape index (κ3) is 2.68. The zero-order valence-electron chi connectivity index (χ0n) is 13.1. The largest absolute Gasteiger partial charge is 0.398 e. The van der Waals surface area contributed by atoms with Crippen LogP contribution in [0.15, 0.2) is 24.3 Å². The lowest BCUT2D eigenvalue weighted by atomic mass is 9.85. The number of rotatable bonds is 3. The highest BCUT2D eigenvalue weighted by Gasteiger charge is 2.32. The number of aryl methyl sites for hydroxylation is 1. The van der Waals surface area contributed by atoms with Gasteiger partial charge in [0, 0.05) is 30.3 Å². The highest BCUT2D eigenvalue weighted by atomic mass is 35.5. The third-order valence-electron chi connectivity index (χ3n) is 4.61. The topological polar surface area (TPSA) is 46.3 Å². The van der Waals surface area contributed by atoms with Crippen LogP contribution in [-0.4, -0.2) is 19.4 Å². The van der Waals surface area contributed by atoms with Crippen LogP contribution in [0.4, 0.5) is 11.4 Å². The number of benzene rings is 2. The fourth-order valence-electron chi connectivity index (χ4n) is 3.21. The van der Waals surface area contributed by atoms with Crippen LogP contribution in [0.2, 0.25) is 10.0 Å². The zero-order valence-corrected chi connectivity index (χ0v) is 14.6. The maximum absolute atomic E-state index is 11.2. The molecule has 0 saturated carbocycles. The number of nitrogen functional groups attached to an aromatic ring is 1. The van der Waals surface area contributed by atoms with Gasteiger partial charge in [0.25, 0.3) is 0 Å². The Hall–Kier alpha value is -1.71. The molecule has 5 heteroatoms. The van der Waals surface area contributed by atoms with E-state index in [2.05, 4.69) is 4.90 Å². The average Bonchev–Trinajstić information content (AvgIpc) is 2.46. The van der Waals surface area contributed by atoms with E-state index in [9.17, 15) is 4.79 Å². The summed E-state index contributed by atoms with van der Waals surface area (Å²) in [5.41, 5.74) is 11.5. The first kappa shape index (κ1) is 16.2. The summed E-state index contributed by atoms with van der Waals surface area (Å²) in [6, 6.07) is 7.56. The van der Waals surface area contributed by atoms with Gasteiger partial charge in [0.15, 0.2) is 6.29 Å². The molecule has 3 nitrogen and oxygen atoms in total. The van der Waals surface area contributed by atoms with E-state index in [0.717, 1.165) is 41.8 Å². The fraction of sp³-hybridized carbons (Fsp3) is 0.278. The molecule has 0 amide bonds. The number of carbonyl (C=O) groups is 1. The summed E-state index contributed by atoms with van der Waals surface area (Å²) < 4.78 is 0. The number of nitrogens with two attached hydrogens (primary N) is 1. The van der Waals surface area contributed by atoms with Crippen LogP contribution in [0.5, 0.6) is 0 Å². The van der Waals surface area contributed by atoms with Gasteiger partial charge in [0.2, 0.25) is 0 Å². The molecule has 1 heterocycles. The zero-order chi connectivity index (χ0) is 16.7. The molecule has 0 radical (unpaired) electrons. The van der Waals surface area contributed by atoms with Gasteiger partial charge in [0.05, 0.1) is 15.7 Å². The molecular formula is C18H18Cl2N2O. The maximum atomic E-state index is 11.2. The number of carbonyl (C=O) groups excluding carboxylic acids is 1. The fourth-order valence-corrected chi connectivity index (χ4v) is 3.85. The van der Waals surface area contributed by atoms with Gasteiger partial charge in [-0.3, -0.25) is 4.79 Å². The Bertz CT molecular complexity index is 763. The van der Waals surface area contributed by atoms with E-state index in [-0.39, 0.29) is 0 Å². The lowest BCUT2D eigenvalue weighted by molar-refractivity contribution is 0.112. The summed E-state index contributed by atoms with van der Waals surface area (Å²) in [6.45, 7) is 5.47. The Morgan fingerprint density at radius 1 is 1.22 bits per heavy atom. The van der Waals surface area contributed by atoms with E-state index in [1.54, 1.807) is 0 Å². The molecular weight excluding hydrogens is 331 g/mol. The minimum Gasteiger partial charge on any atom is -0.398 e. The van der Waals surface area contributed by atoms with Gasteiger partial charge < -0.3 is 10.6 Å². The minimum absolute atomic E-state index is 0.320. The van der Waals surface area contributed by atoms with Crippen LogP contribution in [0.1, 0.15) is 33.0 Å². The number of halogens is 2. The van der Waals surface area contributed by atoms with E-state index in [0.29, 0.717) is 27.2 Å².